The van der Waals surface area contributed by atoms with Crippen molar-refractivity contribution in [3.8, 4) is 0 Å². The van der Waals surface area contributed by atoms with E-state index in [2.05, 4.69) is 22.4 Å². The minimum absolute atomic E-state index is 0.0568. The maximum absolute atomic E-state index is 12.5. The van der Waals surface area contributed by atoms with Gasteiger partial charge in [0.15, 0.2) is 5.13 Å². The van der Waals surface area contributed by atoms with Crippen molar-refractivity contribution in [2.75, 3.05) is 18.5 Å². The maximum atomic E-state index is 12.5. The fourth-order valence-electron chi connectivity index (χ4n) is 2.54. The van der Waals surface area contributed by atoms with Gasteiger partial charge in [0.05, 0.1) is 5.69 Å². The first-order chi connectivity index (χ1) is 12.1. The summed E-state index contributed by atoms with van der Waals surface area (Å²) in [5, 5.41) is 3.81. The number of nitrogens with one attached hydrogen (secondary N) is 1. The summed E-state index contributed by atoms with van der Waals surface area (Å²) in [6.45, 7) is 2.50. The first-order valence-corrected chi connectivity index (χ1v) is 9.05. The average molecular weight is 351 g/mol. The van der Waals surface area contributed by atoms with Crippen LogP contribution in [-0.2, 0) is 6.42 Å². The Morgan fingerprint density at radius 1 is 1.08 bits per heavy atom. The predicted molar refractivity (Wildman–Crippen MR) is 104 cm³/mol. The van der Waals surface area contributed by atoms with Crippen molar-refractivity contribution in [3.05, 3.63) is 76.8 Å². The lowest BCUT2D eigenvalue weighted by molar-refractivity contribution is 0.0957. The minimum Gasteiger partial charge on any atom is -0.351 e. The number of hydrogen-bond donors (Lipinski definition) is 1. The number of anilines is 2. The largest absolute Gasteiger partial charge is 0.351 e. The molecule has 0 unspecified atom stereocenters. The van der Waals surface area contributed by atoms with Crippen LogP contribution in [-0.4, -0.2) is 24.5 Å². The molecule has 0 atom stereocenters. The van der Waals surface area contributed by atoms with Crippen LogP contribution in [0.1, 0.15) is 20.9 Å². The van der Waals surface area contributed by atoms with Gasteiger partial charge in [-0.2, -0.15) is 0 Å². The molecule has 0 fully saturated rings. The number of amides is 1. The molecule has 4 nitrogen and oxygen atoms in total. The molecule has 0 saturated heterocycles. The van der Waals surface area contributed by atoms with Gasteiger partial charge in [-0.1, -0.05) is 59.9 Å². The van der Waals surface area contributed by atoms with Gasteiger partial charge in [-0.15, -0.1) is 0 Å². The van der Waals surface area contributed by atoms with Gasteiger partial charge in [-0.05, 0) is 31.0 Å². The van der Waals surface area contributed by atoms with E-state index >= 15 is 0 Å². The fourth-order valence-corrected chi connectivity index (χ4v) is 3.51. The third kappa shape index (κ3) is 4.25. The molecule has 1 amide bonds. The highest BCUT2D eigenvalue weighted by Gasteiger charge is 2.17. The molecule has 0 saturated carbocycles. The van der Waals surface area contributed by atoms with E-state index in [-0.39, 0.29) is 5.91 Å². The monoisotopic (exact) mass is 351 g/mol. The standard InChI is InChI=1S/C20H21N3OS/c1-15-18(19(24)21-14-13-16-9-5-3-6-10-16)25-20(22-15)23(2)17-11-7-4-8-12-17/h3-12H,13-14H2,1-2H3,(H,21,24). The Balaban J connectivity index is 1.64. The first kappa shape index (κ1) is 17.2. The van der Waals surface area contributed by atoms with Crippen molar-refractivity contribution in [3.63, 3.8) is 0 Å². The van der Waals surface area contributed by atoms with Crippen molar-refractivity contribution < 1.29 is 4.79 Å². The SMILES string of the molecule is Cc1nc(N(C)c2ccccc2)sc1C(=O)NCCc1ccccc1. The smallest absolute Gasteiger partial charge is 0.263 e. The molecule has 128 valence electrons. The molecule has 0 aliphatic heterocycles. The van der Waals surface area contributed by atoms with E-state index in [0.717, 1.165) is 22.9 Å². The second kappa shape index (κ2) is 7.94. The predicted octanol–water partition coefficient (Wildman–Crippen LogP) is 4.19. The van der Waals surface area contributed by atoms with Crippen LogP contribution in [0.5, 0.6) is 0 Å². The Kier molecular flexibility index (Phi) is 5.46. The van der Waals surface area contributed by atoms with E-state index in [1.807, 2.05) is 67.4 Å². The van der Waals surface area contributed by atoms with Crippen molar-refractivity contribution in [2.24, 2.45) is 0 Å². The summed E-state index contributed by atoms with van der Waals surface area (Å²) in [5.41, 5.74) is 3.03. The molecule has 5 heteroatoms. The zero-order chi connectivity index (χ0) is 17.6. The lowest BCUT2D eigenvalue weighted by Crippen LogP contribution is -2.25. The van der Waals surface area contributed by atoms with Crippen molar-refractivity contribution in [1.29, 1.82) is 0 Å². The van der Waals surface area contributed by atoms with Gasteiger partial charge in [0, 0.05) is 19.3 Å². The second-order valence-electron chi connectivity index (χ2n) is 5.80. The summed E-state index contributed by atoms with van der Waals surface area (Å²) >= 11 is 1.42. The quantitative estimate of drug-likeness (QED) is 0.724. The molecule has 0 radical (unpaired) electrons. The molecule has 3 rings (SSSR count). The molecule has 0 aliphatic rings. The van der Waals surface area contributed by atoms with E-state index in [1.54, 1.807) is 0 Å². The molecule has 3 aromatic rings. The van der Waals surface area contributed by atoms with Gasteiger partial charge < -0.3 is 10.2 Å². The van der Waals surface area contributed by atoms with E-state index in [0.29, 0.717) is 11.4 Å². The third-order valence-electron chi connectivity index (χ3n) is 3.96. The van der Waals surface area contributed by atoms with Gasteiger partial charge in [-0.3, -0.25) is 4.79 Å². The Morgan fingerprint density at radius 3 is 2.40 bits per heavy atom. The Hall–Kier alpha value is -2.66. The number of carbonyl (C=O) groups is 1. The maximum Gasteiger partial charge on any atom is 0.263 e. The molecule has 0 aliphatic carbocycles. The number of nitrogens with zero attached hydrogens (tertiary/aromatic N) is 2. The van der Waals surface area contributed by atoms with Crippen LogP contribution >= 0.6 is 11.3 Å². The summed E-state index contributed by atoms with van der Waals surface area (Å²) in [5.74, 6) is -0.0568. The minimum atomic E-state index is -0.0568. The lowest BCUT2D eigenvalue weighted by atomic mass is 10.1. The van der Waals surface area contributed by atoms with Crippen LogP contribution in [0, 0.1) is 6.92 Å². The zero-order valence-electron chi connectivity index (χ0n) is 14.4. The first-order valence-electron chi connectivity index (χ1n) is 8.23. The molecular weight excluding hydrogens is 330 g/mol. The number of aromatic nitrogens is 1. The van der Waals surface area contributed by atoms with Gasteiger partial charge in [0.2, 0.25) is 0 Å². The van der Waals surface area contributed by atoms with Crippen LogP contribution in [0.4, 0.5) is 10.8 Å². The normalized spacial score (nSPS) is 10.5. The van der Waals surface area contributed by atoms with Crippen molar-refractivity contribution in [1.82, 2.24) is 10.3 Å². The average Bonchev–Trinajstić information content (AvgIpc) is 3.04. The summed E-state index contributed by atoms with van der Waals surface area (Å²) in [6, 6.07) is 20.2. The van der Waals surface area contributed by atoms with E-state index in [9.17, 15) is 4.79 Å². The molecule has 1 heterocycles. The highest BCUT2D eigenvalue weighted by atomic mass is 32.1. The van der Waals surface area contributed by atoms with Crippen LogP contribution in [0.3, 0.4) is 0 Å². The van der Waals surface area contributed by atoms with Crippen LogP contribution in [0.25, 0.3) is 0 Å². The Bertz CT molecular complexity index is 831. The Labute approximate surface area is 152 Å². The third-order valence-corrected chi connectivity index (χ3v) is 5.20. The van der Waals surface area contributed by atoms with E-state index < -0.39 is 0 Å². The zero-order valence-corrected chi connectivity index (χ0v) is 15.2. The summed E-state index contributed by atoms with van der Waals surface area (Å²) in [7, 11) is 1.96. The molecule has 2 aromatic carbocycles. The van der Waals surface area contributed by atoms with Gasteiger partial charge in [0.25, 0.3) is 5.91 Å². The number of carbonyl (C=O) groups excluding carboxylic acids is 1. The molecule has 0 spiro atoms. The van der Waals surface area contributed by atoms with Gasteiger partial charge in [-0.25, -0.2) is 4.98 Å². The summed E-state index contributed by atoms with van der Waals surface area (Å²) < 4.78 is 0. The lowest BCUT2D eigenvalue weighted by Gasteiger charge is -2.15. The van der Waals surface area contributed by atoms with E-state index in [1.165, 1.54) is 16.9 Å². The van der Waals surface area contributed by atoms with Gasteiger partial charge >= 0.3 is 0 Å². The van der Waals surface area contributed by atoms with Crippen LogP contribution < -0.4 is 10.2 Å². The molecular formula is C20H21N3OS. The number of hydrogen-bond acceptors (Lipinski definition) is 4. The fraction of sp³-hybridized carbons (Fsp3) is 0.200. The molecule has 0 bridgehead atoms. The van der Waals surface area contributed by atoms with Crippen molar-refractivity contribution in [2.45, 2.75) is 13.3 Å². The van der Waals surface area contributed by atoms with E-state index in [4.69, 9.17) is 0 Å². The van der Waals surface area contributed by atoms with Crippen molar-refractivity contribution >= 4 is 28.1 Å². The topological polar surface area (TPSA) is 45.2 Å². The molecule has 1 aromatic heterocycles. The summed E-state index contributed by atoms with van der Waals surface area (Å²) in [6.07, 6.45) is 0.821. The highest BCUT2D eigenvalue weighted by Crippen LogP contribution is 2.30. The number of rotatable bonds is 6. The van der Waals surface area contributed by atoms with Gasteiger partial charge in [0.1, 0.15) is 4.88 Å². The number of aryl methyl sites for hydroxylation is 1. The van der Waals surface area contributed by atoms with Crippen LogP contribution in [0.15, 0.2) is 60.7 Å². The summed E-state index contributed by atoms with van der Waals surface area (Å²) in [4.78, 5) is 19.7. The number of para-hydroxylation sites is 1. The molecule has 1 N–H and O–H groups in total. The number of benzene rings is 2. The Morgan fingerprint density at radius 2 is 1.72 bits per heavy atom. The highest BCUT2D eigenvalue weighted by molar-refractivity contribution is 7.17. The second-order valence-corrected chi connectivity index (χ2v) is 6.77. The van der Waals surface area contributed by atoms with Crippen LogP contribution in [0.2, 0.25) is 0 Å². The molecule has 25 heavy (non-hydrogen) atoms. The number of thiazole rings is 1.